The number of carboxylic acid groups (broad SMARTS) is 1. The Morgan fingerprint density at radius 1 is 1.62 bits per heavy atom. The standard InChI is InChI=1S/C8H7BrFNO2/c9-6-3-1-2-5(7(6)10)4-11-8(12)13/h1-3,11H,4H2,(H,12,13). The molecule has 0 aliphatic carbocycles. The summed E-state index contributed by atoms with van der Waals surface area (Å²) in [5.74, 6) is -0.434. The molecule has 1 rings (SSSR count). The molecular weight excluding hydrogens is 241 g/mol. The molecular formula is C8H7BrFNO2. The first-order chi connectivity index (χ1) is 6.11. The minimum Gasteiger partial charge on any atom is -0.465 e. The monoisotopic (exact) mass is 247 g/mol. The number of hydrogen-bond acceptors (Lipinski definition) is 1. The fourth-order valence-corrected chi connectivity index (χ4v) is 1.26. The third kappa shape index (κ3) is 2.69. The Morgan fingerprint density at radius 2 is 2.31 bits per heavy atom. The van der Waals surface area contributed by atoms with Crippen molar-refractivity contribution >= 4 is 22.0 Å². The normalized spacial score (nSPS) is 9.69. The second-order valence-electron chi connectivity index (χ2n) is 2.37. The van der Waals surface area contributed by atoms with Gasteiger partial charge in [0.25, 0.3) is 0 Å². The maximum Gasteiger partial charge on any atom is 0.404 e. The van der Waals surface area contributed by atoms with Crippen LogP contribution in [0.4, 0.5) is 9.18 Å². The summed E-state index contributed by atoms with van der Waals surface area (Å²) in [6, 6.07) is 4.72. The smallest absolute Gasteiger partial charge is 0.404 e. The molecule has 0 aliphatic heterocycles. The van der Waals surface area contributed by atoms with Gasteiger partial charge in [-0.3, -0.25) is 0 Å². The van der Waals surface area contributed by atoms with Crippen molar-refractivity contribution in [2.45, 2.75) is 6.54 Å². The summed E-state index contributed by atoms with van der Waals surface area (Å²) in [5.41, 5.74) is 0.316. The molecule has 0 bridgehead atoms. The number of rotatable bonds is 2. The Balaban J connectivity index is 2.77. The van der Waals surface area contributed by atoms with Gasteiger partial charge >= 0.3 is 6.09 Å². The fraction of sp³-hybridized carbons (Fsp3) is 0.125. The number of carbonyl (C=O) groups is 1. The number of halogens is 2. The molecule has 0 aliphatic rings. The highest BCUT2D eigenvalue weighted by Crippen LogP contribution is 2.18. The van der Waals surface area contributed by atoms with Crippen LogP contribution in [0.3, 0.4) is 0 Å². The predicted octanol–water partition coefficient (Wildman–Crippen LogP) is 2.36. The van der Waals surface area contributed by atoms with E-state index in [0.29, 0.717) is 10.0 Å². The van der Waals surface area contributed by atoms with E-state index in [1.54, 1.807) is 12.1 Å². The fourth-order valence-electron chi connectivity index (χ4n) is 0.856. The quantitative estimate of drug-likeness (QED) is 0.843. The van der Waals surface area contributed by atoms with Gasteiger partial charge in [0.05, 0.1) is 4.47 Å². The summed E-state index contributed by atoms with van der Waals surface area (Å²) in [6.45, 7) is -0.0272. The summed E-state index contributed by atoms with van der Waals surface area (Å²) in [5, 5.41) is 10.4. The molecule has 1 amide bonds. The lowest BCUT2D eigenvalue weighted by Crippen LogP contribution is -2.20. The molecule has 0 saturated heterocycles. The van der Waals surface area contributed by atoms with Gasteiger partial charge in [-0.1, -0.05) is 12.1 Å². The third-order valence-electron chi connectivity index (χ3n) is 1.46. The van der Waals surface area contributed by atoms with E-state index >= 15 is 0 Å². The Bertz CT molecular complexity index is 330. The number of benzene rings is 1. The van der Waals surface area contributed by atoms with Gasteiger partial charge in [0.2, 0.25) is 0 Å². The lowest BCUT2D eigenvalue weighted by Gasteiger charge is -2.03. The maximum atomic E-state index is 13.2. The molecule has 13 heavy (non-hydrogen) atoms. The highest BCUT2D eigenvalue weighted by Gasteiger charge is 2.05. The highest BCUT2D eigenvalue weighted by atomic mass is 79.9. The van der Waals surface area contributed by atoms with E-state index in [1.807, 2.05) is 0 Å². The van der Waals surface area contributed by atoms with E-state index in [1.165, 1.54) is 6.07 Å². The predicted molar refractivity (Wildman–Crippen MR) is 49.0 cm³/mol. The molecule has 0 fully saturated rings. The van der Waals surface area contributed by atoms with Crippen molar-refractivity contribution in [3.63, 3.8) is 0 Å². The molecule has 0 atom stereocenters. The number of nitrogens with one attached hydrogen (secondary N) is 1. The zero-order valence-corrected chi connectivity index (χ0v) is 8.14. The van der Waals surface area contributed by atoms with Gasteiger partial charge in [-0.25, -0.2) is 9.18 Å². The Hall–Kier alpha value is -1.10. The van der Waals surface area contributed by atoms with Gasteiger partial charge in [0.15, 0.2) is 0 Å². The second kappa shape index (κ2) is 4.23. The van der Waals surface area contributed by atoms with Crippen LogP contribution in [-0.2, 0) is 6.54 Å². The van der Waals surface area contributed by atoms with Crippen LogP contribution in [0.15, 0.2) is 22.7 Å². The van der Waals surface area contributed by atoms with Gasteiger partial charge in [0.1, 0.15) is 5.82 Å². The van der Waals surface area contributed by atoms with Gasteiger partial charge in [0, 0.05) is 12.1 Å². The van der Waals surface area contributed by atoms with Crippen molar-refractivity contribution in [1.82, 2.24) is 5.32 Å². The molecule has 70 valence electrons. The molecule has 5 heteroatoms. The zero-order chi connectivity index (χ0) is 9.84. The first-order valence-electron chi connectivity index (χ1n) is 3.51. The minimum atomic E-state index is -1.17. The van der Waals surface area contributed by atoms with Crippen molar-refractivity contribution in [3.05, 3.63) is 34.1 Å². The molecule has 1 aromatic rings. The Morgan fingerprint density at radius 3 is 2.92 bits per heavy atom. The van der Waals surface area contributed by atoms with Crippen molar-refractivity contribution in [3.8, 4) is 0 Å². The van der Waals surface area contributed by atoms with E-state index in [2.05, 4.69) is 21.2 Å². The molecule has 3 nitrogen and oxygen atoms in total. The Kier molecular flexibility index (Phi) is 3.25. The molecule has 0 aromatic heterocycles. The first kappa shape index (κ1) is 9.98. The largest absolute Gasteiger partial charge is 0.465 e. The van der Waals surface area contributed by atoms with E-state index in [-0.39, 0.29) is 6.54 Å². The van der Waals surface area contributed by atoms with Crippen LogP contribution in [0.1, 0.15) is 5.56 Å². The van der Waals surface area contributed by atoms with Crippen LogP contribution in [0.5, 0.6) is 0 Å². The molecule has 0 heterocycles. The van der Waals surface area contributed by atoms with E-state index in [9.17, 15) is 9.18 Å². The summed E-state index contributed by atoms with van der Waals surface area (Å²) >= 11 is 3.00. The topological polar surface area (TPSA) is 49.3 Å². The van der Waals surface area contributed by atoms with E-state index in [0.717, 1.165) is 0 Å². The van der Waals surface area contributed by atoms with Gasteiger partial charge in [-0.2, -0.15) is 0 Å². The van der Waals surface area contributed by atoms with E-state index < -0.39 is 11.9 Å². The Labute approximate surface area is 82.7 Å². The summed E-state index contributed by atoms with van der Waals surface area (Å²) in [7, 11) is 0. The SMILES string of the molecule is O=C(O)NCc1cccc(Br)c1F. The van der Waals surface area contributed by atoms with Crippen LogP contribution in [-0.4, -0.2) is 11.2 Å². The summed E-state index contributed by atoms with van der Waals surface area (Å²) in [6.07, 6.45) is -1.17. The van der Waals surface area contributed by atoms with Crippen LogP contribution in [0.25, 0.3) is 0 Å². The molecule has 0 radical (unpaired) electrons. The zero-order valence-electron chi connectivity index (χ0n) is 6.55. The summed E-state index contributed by atoms with van der Waals surface area (Å²) < 4.78 is 13.5. The van der Waals surface area contributed by atoms with Crippen molar-refractivity contribution in [1.29, 1.82) is 0 Å². The minimum absolute atomic E-state index is 0.0272. The average molecular weight is 248 g/mol. The third-order valence-corrected chi connectivity index (χ3v) is 2.07. The highest BCUT2D eigenvalue weighted by molar-refractivity contribution is 9.10. The molecule has 2 N–H and O–H groups in total. The lowest BCUT2D eigenvalue weighted by atomic mass is 10.2. The maximum absolute atomic E-state index is 13.2. The molecule has 0 unspecified atom stereocenters. The lowest BCUT2D eigenvalue weighted by molar-refractivity contribution is 0.194. The van der Waals surface area contributed by atoms with Crippen molar-refractivity contribution in [2.75, 3.05) is 0 Å². The van der Waals surface area contributed by atoms with Gasteiger partial charge in [-0.15, -0.1) is 0 Å². The van der Waals surface area contributed by atoms with Crippen LogP contribution in [0.2, 0.25) is 0 Å². The number of hydrogen-bond donors (Lipinski definition) is 2. The first-order valence-corrected chi connectivity index (χ1v) is 4.30. The molecule has 0 spiro atoms. The van der Waals surface area contributed by atoms with Crippen molar-refractivity contribution in [2.24, 2.45) is 0 Å². The van der Waals surface area contributed by atoms with Crippen molar-refractivity contribution < 1.29 is 14.3 Å². The van der Waals surface area contributed by atoms with E-state index in [4.69, 9.17) is 5.11 Å². The average Bonchev–Trinajstić information content (AvgIpc) is 2.07. The van der Waals surface area contributed by atoms with Crippen LogP contribution >= 0.6 is 15.9 Å². The summed E-state index contributed by atoms with van der Waals surface area (Å²) in [4.78, 5) is 10.1. The number of amides is 1. The molecule has 0 saturated carbocycles. The van der Waals surface area contributed by atoms with Crippen LogP contribution < -0.4 is 5.32 Å². The van der Waals surface area contributed by atoms with Crippen LogP contribution in [0, 0.1) is 5.82 Å². The molecule has 1 aromatic carbocycles. The second-order valence-corrected chi connectivity index (χ2v) is 3.23. The van der Waals surface area contributed by atoms with Gasteiger partial charge in [-0.05, 0) is 22.0 Å². The van der Waals surface area contributed by atoms with Gasteiger partial charge < -0.3 is 10.4 Å².